The monoisotopic (exact) mass is 340 g/mol. The summed E-state index contributed by atoms with van der Waals surface area (Å²) in [6, 6.07) is 9.97. The number of carbonyl (C=O) groups excluding carboxylic acids is 1. The molecule has 0 N–H and O–H groups in total. The lowest BCUT2D eigenvalue weighted by atomic mass is 10.2. The lowest BCUT2D eigenvalue weighted by Crippen LogP contribution is -2.07. The predicted molar refractivity (Wildman–Crippen MR) is 78.4 cm³/mol. The predicted octanol–water partition coefficient (Wildman–Crippen LogP) is 2.81. The Morgan fingerprint density at radius 3 is 2.85 bits per heavy atom. The van der Waals surface area contributed by atoms with Crippen LogP contribution in [-0.2, 0) is 25.6 Å². The van der Waals surface area contributed by atoms with Gasteiger partial charge >= 0.3 is 5.97 Å². The summed E-state index contributed by atoms with van der Waals surface area (Å²) in [5.74, 6) is -0.369. The average Bonchev–Trinajstić information content (AvgIpc) is 3.18. The zero-order valence-corrected chi connectivity index (χ0v) is 12.8. The summed E-state index contributed by atoms with van der Waals surface area (Å²) in [4.78, 5) is 11.4. The number of benzene rings is 1. The van der Waals surface area contributed by atoms with Gasteiger partial charge in [-0.1, -0.05) is 30.3 Å². The third kappa shape index (κ3) is 4.74. The first-order valence-electron chi connectivity index (χ1n) is 6.52. The van der Waals surface area contributed by atoms with Gasteiger partial charge in [-0.25, -0.2) is 4.79 Å². The summed E-state index contributed by atoms with van der Waals surface area (Å²) in [7, 11) is 0. The van der Waals surface area contributed by atoms with Crippen LogP contribution in [0.5, 0.6) is 0 Å². The molecule has 0 radical (unpaired) electrons. The number of ether oxygens (including phenoxy) is 3. The molecule has 0 aliphatic carbocycles. The highest BCUT2D eigenvalue weighted by Gasteiger charge is 2.37. The molecule has 0 saturated carbocycles. The van der Waals surface area contributed by atoms with Gasteiger partial charge in [0.1, 0.15) is 16.7 Å². The summed E-state index contributed by atoms with van der Waals surface area (Å²) in [6.07, 6.45) is 1.65. The van der Waals surface area contributed by atoms with E-state index in [1.54, 1.807) is 13.0 Å². The molecule has 1 fully saturated rings. The van der Waals surface area contributed by atoms with E-state index in [9.17, 15) is 4.79 Å². The molecule has 0 amide bonds. The van der Waals surface area contributed by atoms with Gasteiger partial charge in [0.15, 0.2) is 0 Å². The number of carbonyl (C=O) groups is 1. The third-order valence-corrected chi connectivity index (χ3v) is 3.38. The van der Waals surface area contributed by atoms with E-state index in [1.165, 1.54) is 0 Å². The molecule has 2 atom stereocenters. The quantitative estimate of drug-likeness (QED) is 0.435. The highest BCUT2D eigenvalue weighted by atomic mass is 79.9. The van der Waals surface area contributed by atoms with Crippen molar-refractivity contribution in [3.8, 4) is 0 Å². The first-order chi connectivity index (χ1) is 9.70. The summed E-state index contributed by atoms with van der Waals surface area (Å²) < 4.78 is 16.3. The number of hydrogen-bond donors (Lipinski definition) is 0. The van der Waals surface area contributed by atoms with Crippen molar-refractivity contribution in [2.75, 3.05) is 13.2 Å². The second kappa shape index (κ2) is 7.57. The van der Waals surface area contributed by atoms with Crippen LogP contribution in [0.4, 0.5) is 0 Å². The van der Waals surface area contributed by atoms with Gasteiger partial charge in [0.05, 0.1) is 19.8 Å². The van der Waals surface area contributed by atoms with Crippen molar-refractivity contribution in [1.29, 1.82) is 0 Å². The molecule has 0 bridgehead atoms. The minimum Gasteiger partial charge on any atom is -0.462 e. The van der Waals surface area contributed by atoms with Crippen molar-refractivity contribution >= 4 is 21.9 Å². The SMILES string of the molecule is CCOC(=O)/C(Br)=C\[C@H]1O[C@@H]1COCc1ccccc1. The molecule has 5 heteroatoms. The second-order valence-electron chi connectivity index (χ2n) is 4.37. The molecule has 1 aliphatic rings. The number of halogens is 1. The van der Waals surface area contributed by atoms with Gasteiger partial charge in [0.25, 0.3) is 0 Å². The molecular formula is C15H17BrO4. The Balaban J connectivity index is 1.68. The number of esters is 1. The van der Waals surface area contributed by atoms with Crippen molar-refractivity contribution in [1.82, 2.24) is 0 Å². The Kier molecular flexibility index (Phi) is 5.76. The zero-order chi connectivity index (χ0) is 14.4. The Bertz CT molecular complexity index is 472. The molecule has 1 heterocycles. The molecule has 2 rings (SSSR count). The van der Waals surface area contributed by atoms with Crippen LogP contribution in [-0.4, -0.2) is 31.4 Å². The molecule has 1 aromatic carbocycles. The van der Waals surface area contributed by atoms with E-state index >= 15 is 0 Å². The zero-order valence-electron chi connectivity index (χ0n) is 11.3. The number of epoxide rings is 1. The van der Waals surface area contributed by atoms with Crippen molar-refractivity contribution < 1.29 is 19.0 Å². The average molecular weight is 341 g/mol. The molecule has 108 valence electrons. The molecule has 0 unspecified atom stereocenters. The summed E-state index contributed by atoms with van der Waals surface area (Å²) in [5.41, 5.74) is 1.13. The Morgan fingerprint density at radius 2 is 2.15 bits per heavy atom. The van der Waals surface area contributed by atoms with Crippen LogP contribution in [0.15, 0.2) is 40.9 Å². The summed E-state index contributed by atoms with van der Waals surface area (Å²) >= 11 is 3.18. The maximum atomic E-state index is 11.4. The van der Waals surface area contributed by atoms with E-state index < -0.39 is 0 Å². The highest BCUT2D eigenvalue weighted by molar-refractivity contribution is 9.12. The normalized spacial score (nSPS) is 21.6. The first-order valence-corrected chi connectivity index (χ1v) is 7.31. The van der Waals surface area contributed by atoms with Crippen molar-refractivity contribution in [2.45, 2.75) is 25.7 Å². The molecule has 1 saturated heterocycles. The van der Waals surface area contributed by atoms with E-state index in [2.05, 4.69) is 15.9 Å². The van der Waals surface area contributed by atoms with E-state index in [0.29, 0.717) is 24.3 Å². The molecule has 0 aromatic heterocycles. The minimum absolute atomic E-state index is 0.0145. The van der Waals surface area contributed by atoms with Gasteiger partial charge in [0, 0.05) is 0 Å². The smallest absolute Gasteiger partial charge is 0.344 e. The maximum absolute atomic E-state index is 11.4. The number of rotatable bonds is 7. The minimum atomic E-state index is -0.369. The van der Waals surface area contributed by atoms with Crippen molar-refractivity contribution in [3.05, 3.63) is 46.5 Å². The molecule has 1 aliphatic heterocycles. The highest BCUT2D eigenvalue weighted by Crippen LogP contribution is 2.26. The molecule has 4 nitrogen and oxygen atoms in total. The van der Waals surface area contributed by atoms with Crippen LogP contribution in [0.3, 0.4) is 0 Å². The largest absolute Gasteiger partial charge is 0.462 e. The topological polar surface area (TPSA) is 48.1 Å². The van der Waals surface area contributed by atoms with Crippen LogP contribution in [0.1, 0.15) is 12.5 Å². The van der Waals surface area contributed by atoms with Gasteiger partial charge < -0.3 is 14.2 Å². The van der Waals surface area contributed by atoms with Crippen LogP contribution in [0, 0.1) is 0 Å². The van der Waals surface area contributed by atoms with E-state index in [4.69, 9.17) is 14.2 Å². The van der Waals surface area contributed by atoms with Crippen LogP contribution < -0.4 is 0 Å². The Labute approximate surface area is 126 Å². The Morgan fingerprint density at radius 1 is 1.40 bits per heavy atom. The van der Waals surface area contributed by atoms with Crippen molar-refractivity contribution in [2.24, 2.45) is 0 Å². The van der Waals surface area contributed by atoms with Gasteiger partial charge in [-0.2, -0.15) is 0 Å². The fraction of sp³-hybridized carbons (Fsp3) is 0.400. The lowest BCUT2D eigenvalue weighted by Gasteiger charge is -2.01. The van der Waals surface area contributed by atoms with E-state index in [0.717, 1.165) is 5.56 Å². The van der Waals surface area contributed by atoms with Gasteiger partial charge in [-0.05, 0) is 34.5 Å². The van der Waals surface area contributed by atoms with Crippen LogP contribution >= 0.6 is 15.9 Å². The fourth-order valence-electron chi connectivity index (χ4n) is 1.72. The van der Waals surface area contributed by atoms with E-state index in [-0.39, 0.29) is 18.2 Å². The Hall–Kier alpha value is -1.17. The standard InChI is InChI=1S/C15H17BrO4/c1-2-19-15(17)12(16)8-13-14(20-13)10-18-9-11-6-4-3-5-7-11/h3-8,13-14H,2,9-10H2,1H3/b12-8+/t13-,14-/m1/s1. The fourth-order valence-corrected chi connectivity index (χ4v) is 2.09. The maximum Gasteiger partial charge on any atom is 0.344 e. The van der Waals surface area contributed by atoms with Crippen molar-refractivity contribution in [3.63, 3.8) is 0 Å². The molecule has 1 aromatic rings. The molecular weight excluding hydrogens is 324 g/mol. The second-order valence-corrected chi connectivity index (χ2v) is 5.23. The van der Waals surface area contributed by atoms with Gasteiger partial charge in [0.2, 0.25) is 0 Å². The molecule has 20 heavy (non-hydrogen) atoms. The number of hydrogen-bond acceptors (Lipinski definition) is 4. The first kappa shape index (κ1) is 15.2. The summed E-state index contributed by atoms with van der Waals surface area (Å²) in [6.45, 7) is 3.21. The summed E-state index contributed by atoms with van der Waals surface area (Å²) in [5, 5.41) is 0. The molecule has 0 spiro atoms. The van der Waals surface area contributed by atoms with Gasteiger partial charge in [-0.15, -0.1) is 0 Å². The van der Waals surface area contributed by atoms with E-state index in [1.807, 2.05) is 30.3 Å². The van der Waals surface area contributed by atoms with Crippen LogP contribution in [0.2, 0.25) is 0 Å². The van der Waals surface area contributed by atoms with Gasteiger partial charge in [-0.3, -0.25) is 0 Å². The third-order valence-electron chi connectivity index (χ3n) is 2.80. The van der Waals surface area contributed by atoms with Crippen LogP contribution in [0.25, 0.3) is 0 Å². The lowest BCUT2D eigenvalue weighted by molar-refractivity contribution is -0.137.